The topological polar surface area (TPSA) is 145 Å². The van der Waals surface area contributed by atoms with Gasteiger partial charge in [0, 0.05) is 0 Å². The predicted molar refractivity (Wildman–Crippen MR) is 48.7 cm³/mol. The fourth-order valence-electron chi connectivity index (χ4n) is 0.905. The van der Waals surface area contributed by atoms with Gasteiger partial charge >= 0.3 is 69.3 Å². The van der Waals surface area contributed by atoms with E-state index in [-0.39, 0.29) is 51.4 Å². The number of nitrogens with zero attached hydrogens (tertiary/aromatic N) is 1. The van der Waals surface area contributed by atoms with Gasteiger partial charge in [0.2, 0.25) is 5.60 Å². The SMILES string of the molecule is N#COC(CC(=O)O)(CC(=O)O)C(=O)O.[KH]. The van der Waals surface area contributed by atoms with Crippen LogP contribution < -0.4 is 0 Å². The molecule has 8 nitrogen and oxygen atoms in total. The normalized spacial score (nSPS) is 9.44. The quantitative estimate of drug-likeness (QED) is 0.389. The van der Waals surface area contributed by atoms with Gasteiger partial charge in [-0.2, -0.15) is 5.26 Å². The van der Waals surface area contributed by atoms with Crippen molar-refractivity contribution in [1.29, 1.82) is 5.26 Å². The van der Waals surface area contributed by atoms with E-state index in [0.717, 1.165) is 6.26 Å². The van der Waals surface area contributed by atoms with Crippen LogP contribution in [0.5, 0.6) is 0 Å². The second-order valence-electron chi connectivity index (χ2n) is 2.63. The van der Waals surface area contributed by atoms with Crippen molar-refractivity contribution in [1.82, 2.24) is 0 Å². The van der Waals surface area contributed by atoms with E-state index in [4.69, 9.17) is 20.6 Å². The van der Waals surface area contributed by atoms with E-state index in [9.17, 15) is 14.4 Å². The third-order valence-electron chi connectivity index (χ3n) is 1.50. The van der Waals surface area contributed by atoms with Crippen LogP contribution in [-0.2, 0) is 19.1 Å². The number of ether oxygens (including phenoxy) is 1. The molecule has 0 aliphatic heterocycles. The first kappa shape index (κ1) is 17.7. The fourth-order valence-corrected chi connectivity index (χ4v) is 0.905. The van der Waals surface area contributed by atoms with Crippen LogP contribution in [0, 0.1) is 11.5 Å². The van der Waals surface area contributed by atoms with E-state index >= 15 is 0 Å². The first-order chi connectivity index (χ1) is 6.84. The van der Waals surface area contributed by atoms with Crippen molar-refractivity contribution in [3.05, 3.63) is 0 Å². The summed E-state index contributed by atoms with van der Waals surface area (Å²) in [4.78, 5) is 31.3. The summed E-state index contributed by atoms with van der Waals surface area (Å²) >= 11 is 0. The Bertz CT molecular complexity index is 318. The van der Waals surface area contributed by atoms with Crippen molar-refractivity contribution in [3.8, 4) is 6.26 Å². The van der Waals surface area contributed by atoms with Gasteiger partial charge < -0.3 is 20.1 Å². The van der Waals surface area contributed by atoms with Crippen molar-refractivity contribution >= 4 is 69.3 Å². The predicted octanol–water partition coefficient (Wildman–Crippen LogP) is -1.39. The summed E-state index contributed by atoms with van der Waals surface area (Å²) in [7, 11) is 0. The molecule has 0 atom stereocenters. The minimum atomic E-state index is -2.55. The number of carbonyl (C=O) groups is 3. The Morgan fingerprint density at radius 2 is 1.50 bits per heavy atom. The van der Waals surface area contributed by atoms with Crippen LogP contribution in [0.2, 0.25) is 0 Å². The number of rotatable bonds is 6. The third-order valence-corrected chi connectivity index (χ3v) is 1.50. The van der Waals surface area contributed by atoms with Crippen LogP contribution in [0.4, 0.5) is 0 Å². The number of carboxylic acid groups (broad SMARTS) is 3. The van der Waals surface area contributed by atoms with Crippen molar-refractivity contribution in [2.75, 3.05) is 0 Å². The molecule has 0 rings (SSSR count). The molecule has 0 aromatic heterocycles. The standard InChI is InChI=1S/C7H7NO7.K.H/c8-3-15-7(6(13)14,1-4(9)10)2-5(11)12;;/h1-2H2,(H,9,10)(H,11,12)(H,13,14);;. The minimum absolute atomic E-state index is 0. The van der Waals surface area contributed by atoms with Gasteiger partial charge in [-0.1, -0.05) is 0 Å². The molecule has 0 bridgehead atoms. The average molecular weight is 257 g/mol. The first-order valence-electron chi connectivity index (χ1n) is 3.58. The summed E-state index contributed by atoms with van der Waals surface area (Å²) < 4.78 is 4.06. The van der Waals surface area contributed by atoms with E-state index in [2.05, 4.69) is 4.74 Å². The van der Waals surface area contributed by atoms with Crippen molar-refractivity contribution in [3.63, 3.8) is 0 Å². The summed E-state index contributed by atoms with van der Waals surface area (Å²) in [5, 5.41) is 33.6. The molecule has 0 heterocycles. The monoisotopic (exact) mass is 257 g/mol. The zero-order valence-corrected chi connectivity index (χ0v) is 7.34. The molecule has 0 aromatic rings. The summed E-state index contributed by atoms with van der Waals surface area (Å²) in [5.41, 5.74) is -2.55. The Balaban J connectivity index is 0. The van der Waals surface area contributed by atoms with Gasteiger partial charge in [-0.15, -0.1) is 0 Å². The number of carboxylic acids is 3. The number of aliphatic carboxylic acids is 3. The van der Waals surface area contributed by atoms with Crippen molar-refractivity contribution in [2.24, 2.45) is 0 Å². The van der Waals surface area contributed by atoms with Crippen molar-refractivity contribution in [2.45, 2.75) is 18.4 Å². The summed E-state index contributed by atoms with van der Waals surface area (Å²) in [5.74, 6) is -4.96. The summed E-state index contributed by atoms with van der Waals surface area (Å²) in [6, 6.07) is 0. The zero-order chi connectivity index (χ0) is 12.1. The Hall–Kier alpha value is -0.664. The maximum absolute atomic E-state index is 10.7. The number of nitriles is 1. The Morgan fingerprint density at radius 1 is 1.12 bits per heavy atom. The summed E-state index contributed by atoms with van der Waals surface area (Å²) in [6.45, 7) is 0. The van der Waals surface area contributed by atoms with Crippen LogP contribution >= 0.6 is 0 Å². The second kappa shape index (κ2) is 7.58. The first-order valence-corrected chi connectivity index (χ1v) is 3.58. The van der Waals surface area contributed by atoms with Gasteiger partial charge in [0.1, 0.15) is 0 Å². The van der Waals surface area contributed by atoms with E-state index in [1.165, 1.54) is 0 Å². The molecule has 0 saturated heterocycles. The van der Waals surface area contributed by atoms with Gasteiger partial charge in [0.15, 0.2) is 0 Å². The Kier molecular flexibility index (Phi) is 8.40. The van der Waals surface area contributed by atoms with Gasteiger partial charge in [0.25, 0.3) is 6.26 Å². The molecule has 0 aliphatic carbocycles. The molecule has 0 saturated carbocycles. The molecule has 0 aliphatic rings. The molecule has 0 amide bonds. The molecular formula is C7H8KNO7. The molecule has 9 heteroatoms. The van der Waals surface area contributed by atoms with Gasteiger partial charge in [-0.3, -0.25) is 9.59 Å². The number of hydrogen-bond acceptors (Lipinski definition) is 5. The van der Waals surface area contributed by atoms with E-state index in [1.807, 2.05) is 0 Å². The van der Waals surface area contributed by atoms with E-state index < -0.39 is 36.4 Å². The molecule has 0 radical (unpaired) electrons. The van der Waals surface area contributed by atoms with Crippen LogP contribution in [0.25, 0.3) is 0 Å². The molecule has 3 N–H and O–H groups in total. The third kappa shape index (κ3) is 5.43. The molecular weight excluding hydrogens is 249 g/mol. The van der Waals surface area contributed by atoms with Crippen LogP contribution in [0.3, 0.4) is 0 Å². The summed E-state index contributed by atoms with van der Waals surface area (Å²) in [6.07, 6.45) is -1.22. The Labute approximate surface area is 132 Å². The number of hydrogen-bond donors (Lipinski definition) is 3. The van der Waals surface area contributed by atoms with Gasteiger partial charge in [-0.25, -0.2) is 4.79 Å². The fraction of sp³-hybridized carbons (Fsp3) is 0.429. The van der Waals surface area contributed by atoms with Gasteiger partial charge in [-0.05, 0) is 0 Å². The van der Waals surface area contributed by atoms with Crippen LogP contribution in [0.15, 0.2) is 0 Å². The van der Waals surface area contributed by atoms with Crippen LogP contribution in [0.1, 0.15) is 12.8 Å². The maximum atomic E-state index is 10.7. The molecule has 0 unspecified atom stereocenters. The van der Waals surface area contributed by atoms with Gasteiger partial charge in [0.05, 0.1) is 12.8 Å². The second-order valence-corrected chi connectivity index (χ2v) is 2.63. The molecule has 84 valence electrons. The molecule has 0 aromatic carbocycles. The molecule has 0 spiro atoms. The van der Waals surface area contributed by atoms with Crippen LogP contribution in [-0.4, -0.2) is 90.2 Å². The molecule has 16 heavy (non-hydrogen) atoms. The molecule has 0 fully saturated rings. The van der Waals surface area contributed by atoms with E-state index in [0.29, 0.717) is 0 Å². The zero-order valence-electron chi connectivity index (χ0n) is 7.34. The van der Waals surface area contributed by atoms with E-state index in [1.54, 1.807) is 0 Å². The van der Waals surface area contributed by atoms with Crippen molar-refractivity contribution < 1.29 is 34.4 Å². The average Bonchev–Trinajstić information content (AvgIpc) is 2.01. The Morgan fingerprint density at radius 3 is 1.69 bits per heavy atom.